The molecule has 8 nitrogen and oxygen atoms in total. The van der Waals surface area contributed by atoms with Crippen molar-refractivity contribution < 1.29 is 18.8 Å². The summed E-state index contributed by atoms with van der Waals surface area (Å²) < 4.78 is 13.3. The average Bonchev–Trinajstić information content (AvgIpc) is 3.61. The van der Waals surface area contributed by atoms with Crippen molar-refractivity contribution in [2.75, 3.05) is 26.7 Å². The van der Waals surface area contributed by atoms with Crippen LogP contribution in [0.2, 0.25) is 0 Å². The van der Waals surface area contributed by atoms with Crippen molar-refractivity contribution in [1.29, 1.82) is 0 Å². The summed E-state index contributed by atoms with van der Waals surface area (Å²) in [6.07, 6.45) is 3.27. The van der Waals surface area contributed by atoms with E-state index >= 15 is 0 Å². The molecule has 38 heavy (non-hydrogen) atoms. The van der Waals surface area contributed by atoms with Gasteiger partial charge in [0.1, 0.15) is 22.6 Å². The molecule has 2 saturated heterocycles. The Labute approximate surface area is 228 Å². The largest absolute Gasteiger partial charge is 0.343 e. The molecule has 206 valence electrons. The first-order valence-electron chi connectivity index (χ1n) is 13.5. The van der Waals surface area contributed by atoms with Crippen LogP contribution < -0.4 is 10.6 Å². The lowest BCUT2D eigenvalue weighted by atomic mass is 9.87. The van der Waals surface area contributed by atoms with E-state index < -0.39 is 17.9 Å². The lowest BCUT2D eigenvalue weighted by Gasteiger charge is -2.39. The van der Waals surface area contributed by atoms with Gasteiger partial charge in [-0.15, -0.1) is 11.3 Å². The molecule has 0 saturated carbocycles. The number of amides is 2. The van der Waals surface area contributed by atoms with E-state index in [1.807, 2.05) is 4.90 Å². The summed E-state index contributed by atoms with van der Waals surface area (Å²) in [5.41, 5.74) is 0.668. The normalized spacial score (nSPS) is 20.5. The number of likely N-dealkylation sites (tertiary alicyclic amines) is 2. The zero-order chi connectivity index (χ0) is 27.4. The molecule has 2 N–H and O–H groups in total. The number of aromatic nitrogens is 1. The number of benzene rings is 1. The van der Waals surface area contributed by atoms with Crippen molar-refractivity contribution in [1.82, 2.24) is 25.4 Å². The summed E-state index contributed by atoms with van der Waals surface area (Å²) in [4.78, 5) is 48.7. The maximum atomic E-state index is 14.0. The monoisotopic (exact) mass is 543 g/mol. The molecular weight excluding hydrogens is 505 g/mol. The van der Waals surface area contributed by atoms with E-state index in [0.717, 1.165) is 38.8 Å². The number of nitrogens with zero attached hydrogens (tertiary/aromatic N) is 3. The Morgan fingerprint density at radius 2 is 1.74 bits per heavy atom. The summed E-state index contributed by atoms with van der Waals surface area (Å²) in [5.74, 6) is -0.880. The molecule has 0 aliphatic carbocycles. The van der Waals surface area contributed by atoms with Gasteiger partial charge >= 0.3 is 0 Å². The van der Waals surface area contributed by atoms with E-state index in [1.165, 1.54) is 35.6 Å². The Kier molecular flexibility index (Phi) is 9.27. The van der Waals surface area contributed by atoms with Crippen molar-refractivity contribution in [2.45, 2.75) is 70.6 Å². The third-order valence-corrected chi connectivity index (χ3v) is 8.79. The van der Waals surface area contributed by atoms with Crippen molar-refractivity contribution in [3.05, 3.63) is 51.7 Å². The third-order valence-electron chi connectivity index (χ3n) is 7.85. The molecule has 0 spiro atoms. The van der Waals surface area contributed by atoms with Crippen molar-refractivity contribution in [3.8, 4) is 0 Å². The lowest BCUT2D eigenvalue weighted by molar-refractivity contribution is -0.139. The summed E-state index contributed by atoms with van der Waals surface area (Å²) in [6.45, 7) is 8.52. The smallest absolute Gasteiger partial charge is 0.246 e. The number of rotatable bonds is 9. The maximum Gasteiger partial charge on any atom is 0.246 e. The third kappa shape index (κ3) is 6.30. The van der Waals surface area contributed by atoms with Crippen molar-refractivity contribution in [2.24, 2.45) is 5.92 Å². The van der Waals surface area contributed by atoms with Gasteiger partial charge in [0.2, 0.25) is 17.6 Å². The van der Waals surface area contributed by atoms with Crippen LogP contribution >= 0.6 is 11.3 Å². The van der Waals surface area contributed by atoms with E-state index in [9.17, 15) is 18.8 Å². The second-order valence-corrected chi connectivity index (χ2v) is 11.5. The molecule has 0 bridgehead atoms. The first kappa shape index (κ1) is 28.3. The minimum absolute atomic E-state index is 0.0543. The molecule has 2 aliphatic rings. The molecule has 3 unspecified atom stereocenters. The van der Waals surface area contributed by atoms with Crippen LogP contribution in [-0.2, 0) is 9.59 Å². The van der Waals surface area contributed by atoms with Gasteiger partial charge in [-0.3, -0.25) is 14.4 Å². The second-order valence-electron chi connectivity index (χ2n) is 10.6. The molecule has 1 aromatic heterocycles. The Morgan fingerprint density at radius 3 is 2.37 bits per heavy atom. The summed E-state index contributed by atoms with van der Waals surface area (Å²) in [5, 5.41) is 8.45. The van der Waals surface area contributed by atoms with Gasteiger partial charge in [0.05, 0.1) is 12.1 Å². The minimum Gasteiger partial charge on any atom is -0.343 e. The number of hydrogen-bond donors (Lipinski definition) is 2. The molecule has 4 rings (SSSR count). The molecule has 2 amide bonds. The zero-order valence-corrected chi connectivity index (χ0v) is 23.4. The van der Waals surface area contributed by atoms with Crippen LogP contribution in [0.4, 0.5) is 4.39 Å². The Bertz CT molecular complexity index is 1130. The van der Waals surface area contributed by atoms with Gasteiger partial charge < -0.3 is 20.4 Å². The molecule has 2 fully saturated rings. The lowest BCUT2D eigenvalue weighted by Crippen LogP contribution is -2.57. The molecule has 10 heteroatoms. The maximum absolute atomic E-state index is 14.0. The molecule has 0 radical (unpaired) electrons. The van der Waals surface area contributed by atoms with Crippen LogP contribution in [-0.4, -0.2) is 77.2 Å². The number of hydrogen-bond acceptors (Lipinski definition) is 7. The number of thiazole rings is 1. The molecule has 3 atom stereocenters. The van der Waals surface area contributed by atoms with E-state index in [-0.39, 0.29) is 29.6 Å². The van der Waals surface area contributed by atoms with Crippen LogP contribution in [0.25, 0.3) is 0 Å². The van der Waals surface area contributed by atoms with Crippen LogP contribution in [0.15, 0.2) is 29.6 Å². The molecule has 3 heterocycles. The molecule has 1 aromatic carbocycles. The standard InChI is InChI=1S/C28H38FN5O3S/c1-17(2)33-14-11-19(12-15-33)24(32-26(36)18(3)30-4)28(37)34-13-5-6-23(34)27-31-22(16-38-27)25(35)20-7-9-21(29)10-8-20/h7-10,16-19,23-24,30H,5-6,11-15H2,1-4H3,(H,32,36). The first-order valence-corrected chi connectivity index (χ1v) is 14.4. The van der Waals surface area contributed by atoms with Gasteiger partial charge in [0, 0.05) is 23.5 Å². The van der Waals surface area contributed by atoms with E-state index in [4.69, 9.17) is 0 Å². The Morgan fingerprint density at radius 1 is 1.05 bits per heavy atom. The second kappa shape index (κ2) is 12.4. The highest BCUT2D eigenvalue weighted by atomic mass is 32.1. The minimum atomic E-state index is -0.603. The Balaban J connectivity index is 1.52. The number of piperidine rings is 1. The number of halogens is 1. The quantitative estimate of drug-likeness (QED) is 0.471. The van der Waals surface area contributed by atoms with Crippen LogP contribution in [0.1, 0.15) is 73.6 Å². The van der Waals surface area contributed by atoms with Crippen LogP contribution in [0, 0.1) is 11.7 Å². The van der Waals surface area contributed by atoms with Gasteiger partial charge in [0.15, 0.2) is 0 Å². The summed E-state index contributed by atoms with van der Waals surface area (Å²) in [7, 11) is 1.73. The van der Waals surface area contributed by atoms with E-state index in [0.29, 0.717) is 28.9 Å². The predicted octanol–water partition coefficient (Wildman–Crippen LogP) is 3.39. The van der Waals surface area contributed by atoms with E-state index in [1.54, 1.807) is 19.4 Å². The van der Waals surface area contributed by atoms with Crippen LogP contribution in [0.3, 0.4) is 0 Å². The molecule has 2 aliphatic heterocycles. The summed E-state index contributed by atoms with van der Waals surface area (Å²) in [6, 6.07) is 4.61. The van der Waals surface area contributed by atoms with Gasteiger partial charge in [-0.25, -0.2) is 9.37 Å². The number of ketones is 1. The van der Waals surface area contributed by atoms with Crippen LogP contribution in [0.5, 0.6) is 0 Å². The topological polar surface area (TPSA) is 94.6 Å². The van der Waals surface area contributed by atoms with Gasteiger partial charge in [-0.1, -0.05) is 0 Å². The van der Waals surface area contributed by atoms with Gasteiger partial charge in [-0.2, -0.15) is 0 Å². The SMILES string of the molecule is CNC(C)C(=O)NC(C(=O)N1CCCC1c1nc(C(=O)c2ccc(F)cc2)cs1)C1CCN(C(C)C)CC1. The predicted molar refractivity (Wildman–Crippen MR) is 146 cm³/mol. The highest BCUT2D eigenvalue weighted by Gasteiger charge is 2.41. The molecular formula is C28H38FN5O3S. The highest BCUT2D eigenvalue weighted by molar-refractivity contribution is 7.10. The van der Waals surface area contributed by atoms with Gasteiger partial charge in [0.25, 0.3) is 0 Å². The number of nitrogens with one attached hydrogen (secondary N) is 2. The van der Waals surface area contributed by atoms with Gasteiger partial charge in [-0.05, 0) is 96.8 Å². The Hall–Kier alpha value is -2.69. The fourth-order valence-corrected chi connectivity index (χ4v) is 6.27. The van der Waals surface area contributed by atoms with Crippen molar-refractivity contribution in [3.63, 3.8) is 0 Å². The fraction of sp³-hybridized carbons (Fsp3) is 0.571. The summed E-state index contributed by atoms with van der Waals surface area (Å²) >= 11 is 1.36. The zero-order valence-electron chi connectivity index (χ0n) is 22.6. The first-order chi connectivity index (χ1) is 18.2. The number of likely N-dealkylation sites (N-methyl/N-ethyl adjacent to an activating group) is 1. The van der Waals surface area contributed by atoms with E-state index in [2.05, 4.69) is 34.4 Å². The highest BCUT2D eigenvalue weighted by Crippen LogP contribution is 2.36. The fourth-order valence-electron chi connectivity index (χ4n) is 5.32. The molecule has 2 aromatic rings. The number of carbonyl (C=O) groups excluding carboxylic acids is 3. The number of carbonyl (C=O) groups is 3. The van der Waals surface area contributed by atoms with Crippen molar-refractivity contribution >= 4 is 28.9 Å². The average molecular weight is 544 g/mol.